The molecule has 0 aromatic heterocycles. The molecule has 0 saturated carbocycles. The number of nitrogens with zero attached hydrogens (tertiary/aromatic N) is 2. The summed E-state index contributed by atoms with van der Waals surface area (Å²) in [6.45, 7) is 3.91. The van der Waals surface area contributed by atoms with E-state index >= 15 is 0 Å². The number of likely N-dealkylation sites (N-methyl/N-ethyl adjacent to an activating group) is 1. The molecule has 2 aliphatic heterocycles. The molecule has 2 heterocycles. The van der Waals surface area contributed by atoms with E-state index in [9.17, 15) is 4.79 Å². The van der Waals surface area contributed by atoms with Crippen LogP contribution in [0.4, 0.5) is 4.79 Å². The van der Waals surface area contributed by atoms with E-state index in [0.29, 0.717) is 12.1 Å². The molecule has 2 bridgehead atoms. The fraction of sp³-hybridized carbons (Fsp3) is 0.929. The van der Waals surface area contributed by atoms with Gasteiger partial charge in [-0.05, 0) is 51.7 Å². The lowest BCUT2D eigenvalue weighted by atomic mass is 10.1. The molecule has 2 fully saturated rings. The number of hydrogen-bond donors (Lipinski definition) is 1. The lowest BCUT2D eigenvalue weighted by Crippen LogP contribution is -2.47. The van der Waals surface area contributed by atoms with Crippen molar-refractivity contribution in [3.05, 3.63) is 0 Å². The summed E-state index contributed by atoms with van der Waals surface area (Å²) < 4.78 is 0. The molecule has 0 aliphatic carbocycles. The van der Waals surface area contributed by atoms with Crippen molar-refractivity contribution in [1.82, 2.24) is 15.1 Å². The van der Waals surface area contributed by atoms with E-state index in [1.807, 2.05) is 16.7 Å². The summed E-state index contributed by atoms with van der Waals surface area (Å²) in [5.41, 5.74) is 0. The predicted octanol–water partition coefficient (Wildman–Crippen LogP) is 2.01. The standard InChI is InChI=1S/C14H27N3OS/c1-11(7-9-19-3)15-14(18)17-8-6-12-4-5-13(10-17)16(12)2/h11-13H,4-10H2,1-3H3,(H,15,18)/t11-,12-,13+/m1/s1. The zero-order valence-electron chi connectivity index (χ0n) is 12.4. The van der Waals surface area contributed by atoms with Crippen LogP contribution in [0.2, 0.25) is 0 Å². The van der Waals surface area contributed by atoms with Crippen molar-refractivity contribution < 1.29 is 4.79 Å². The van der Waals surface area contributed by atoms with Crippen LogP contribution in [0.5, 0.6) is 0 Å². The van der Waals surface area contributed by atoms with Gasteiger partial charge in [-0.1, -0.05) is 0 Å². The van der Waals surface area contributed by atoms with Crippen molar-refractivity contribution >= 4 is 17.8 Å². The smallest absolute Gasteiger partial charge is 0.317 e. The molecule has 0 radical (unpaired) electrons. The Kier molecular flexibility index (Phi) is 5.39. The molecule has 0 unspecified atom stereocenters. The Hall–Kier alpha value is -0.420. The number of carbonyl (C=O) groups is 1. The first kappa shape index (κ1) is 15.0. The first-order valence-corrected chi connectivity index (χ1v) is 8.77. The van der Waals surface area contributed by atoms with E-state index in [4.69, 9.17) is 0 Å². The molecule has 5 heteroatoms. The quantitative estimate of drug-likeness (QED) is 0.858. The van der Waals surface area contributed by atoms with Gasteiger partial charge in [0.15, 0.2) is 0 Å². The van der Waals surface area contributed by atoms with Gasteiger partial charge in [-0.25, -0.2) is 4.79 Å². The average molecular weight is 285 g/mol. The third-order valence-electron chi connectivity index (χ3n) is 4.56. The maximum atomic E-state index is 12.3. The Morgan fingerprint density at radius 1 is 1.37 bits per heavy atom. The molecule has 0 aromatic rings. The third kappa shape index (κ3) is 3.78. The third-order valence-corrected chi connectivity index (χ3v) is 5.20. The maximum absolute atomic E-state index is 12.3. The lowest BCUT2D eigenvalue weighted by molar-refractivity contribution is 0.185. The lowest BCUT2D eigenvalue weighted by Gasteiger charge is -2.27. The molecule has 0 spiro atoms. The molecule has 4 nitrogen and oxygen atoms in total. The number of carbonyl (C=O) groups excluding carboxylic acids is 1. The second-order valence-electron chi connectivity index (χ2n) is 5.92. The minimum atomic E-state index is 0.134. The van der Waals surface area contributed by atoms with E-state index < -0.39 is 0 Å². The summed E-state index contributed by atoms with van der Waals surface area (Å²) in [6, 6.07) is 1.67. The molecule has 2 saturated heterocycles. The molecular weight excluding hydrogens is 258 g/mol. The van der Waals surface area contributed by atoms with E-state index in [1.165, 1.54) is 12.8 Å². The van der Waals surface area contributed by atoms with Crippen LogP contribution in [0.25, 0.3) is 0 Å². The predicted molar refractivity (Wildman–Crippen MR) is 81.8 cm³/mol. The van der Waals surface area contributed by atoms with Gasteiger partial charge in [0.2, 0.25) is 0 Å². The Morgan fingerprint density at radius 3 is 2.84 bits per heavy atom. The van der Waals surface area contributed by atoms with Gasteiger partial charge in [-0.3, -0.25) is 4.90 Å². The Bertz CT molecular complexity index is 313. The summed E-state index contributed by atoms with van der Waals surface area (Å²) in [7, 11) is 2.21. The van der Waals surface area contributed by atoms with Crippen molar-refractivity contribution in [2.45, 2.75) is 50.7 Å². The van der Waals surface area contributed by atoms with Crippen LogP contribution in [0.3, 0.4) is 0 Å². The molecule has 2 aliphatic rings. The first-order valence-electron chi connectivity index (χ1n) is 7.38. The van der Waals surface area contributed by atoms with Crippen LogP contribution in [-0.4, -0.2) is 66.1 Å². The zero-order valence-corrected chi connectivity index (χ0v) is 13.2. The van der Waals surface area contributed by atoms with Gasteiger partial charge in [-0.15, -0.1) is 0 Å². The number of rotatable bonds is 4. The fourth-order valence-electron chi connectivity index (χ4n) is 3.16. The molecule has 2 rings (SSSR count). The molecule has 110 valence electrons. The summed E-state index contributed by atoms with van der Waals surface area (Å²) in [6.07, 6.45) is 6.83. The second-order valence-corrected chi connectivity index (χ2v) is 6.90. The number of amides is 2. The van der Waals surface area contributed by atoms with Gasteiger partial charge in [0.25, 0.3) is 0 Å². The van der Waals surface area contributed by atoms with Crippen LogP contribution in [0.1, 0.15) is 32.6 Å². The molecule has 19 heavy (non-hydrogen) atoms. The number of hydrogen-bond acceptors (Lipinski definition) is 3. The van der Waals surface area contributed by atoms with Crippen molar-refractivity contribution in [2.75, 3.05) is 32.1 Å². The normalized spacial score (nSPS) is 29.1. The number of likely N-dealkylation sites (tertiary alicyclic amines) is 1. The Morgan fingerprint density at radius 2 is 2.11 bits per heavy atom. The van der Waals surface area contributed by atoms with Crippen molar-refractivity contribution in [1.29, 1.82) is 0 Å². The summed E-state index contributed by atoms with van der Waals surface area (Å²) in [4.78, 5) is 16.8. The van der Waals surface area contributed by atoms with E-state index in [2.05, 4.69) is 30.4 Å². The zero-order chi connectivity index (χ0) is 13.8. The Balaban J connectivity index is 1.83. The molecule has 2 amide bonds. The van der Waals surface area contributed by atoms with Gasteiger partial charge < -0.3 is 10.2 Å². The highest BCUT2D eigenvalue weighted by molar-refractivity contribution is 7.98. The van der Waals surface area contributed by atoms with Crippen molar-refractivity contribution in [2.24, 2.45) is 0 Å². The van der Waals surface area contributed by atoms with Gasteiger partial charge in [0.05, 0.1) is 0 Å². The number of fused-ring (bicyclic) bond motifs is 2. The van der Waals surface area contributed by atoms with Crippen LogP contribution in [-0.2, 0) is 0 Å². The highest BCUT2D eigenvalue weighted by Crippen LogP contribution is 2.28. The van der Waals surface area contributed by atoms with E-state index in [1.54, 1.807) is 0 Å². The number of nitrogens with one attached hydrogen (secondary N) is 1. The summed E-state index contributed by atoms with van der Waals surface area (Å²) in [5, 5.41) is 3.14. The molecule has 0 aromatic carbocycles. The SMILES string of the molecule is CSCC[C@@H](C)NC(=O)N1CC[C@H]2CC[C@@H](C1)N2C. The first-order chi connectivity index (χ1) is 9.11. The molecular formula is C14H27N3OS. The molecule has 1 N–H and O–H groups in total. The Labute approximate surface area is 121 Å². The summed E-state index contributed by atoms with van der Waals surface area (Å²) in [5.74, 6) is 1.11. The monoisotopic (exact) mass is 285 g/mol. The number of thioether (sulfide) groups is 1. The molecule has 3 atom stereocenters. The van der Waals surface area contributed by atoms with Gasteiger partial charge in [0, 0.05) is 31.2 Å². The second kappa shape index (κ2) is 6.84. The van der Waals surface area contributed by atoms with Crippen LogP contribution in [0, 0.1) is 0 Å². The van der Waals surface area contributed by atoms with Gasteiger partial charge in [0.1, 0.15) is 0 Å². The highest BCUT2D eigenvalue weighted by Gasteiger charge is 2.36. The van der Waals surface area contributed by atoms with Crippen LogP contribution >= 0.6 is 11.8 Å². The van der Waals surface area contributed by atoms with Gasteiger partial charge in [-0.2, -0.15) is 11.8 Å². The van der Waals surface area contributed by atoms with Crippen molar-refractivity contribution in [3.63, 3.8) is 0 Å². The van der Waals surface area contributed by atoms with Gasteiger partial charge >= 0.3 is 6.03 Å². The topological polar surface area (TPSA) is 35.6 Å². The van der Waals surface area contributed by atoms with Crippen LogP contribution < -0.4 is 5.32 Å². The van der Waals surface area contributed by atoms with Crippen molar-refractivity contribution in [3.8, 4) is 0 Å². The fourth-order valence-corrected chi connectivity index (χ4v) is 3.75. The number of urea groups is 1. The largest absolute Gasteiger partial charge is 0.336 e. The van der Waals surface area contributed by atoms with E-state index in [0.717, 1.165) is 31.7 Å². The van der Waals surface area contributed by atoms with E-state index in [-0.39, 0.29) is 12.1 Å². The average Bonchev–Trinajstić information content (AvgIpc) is 2.60. The summed E-state index contributed by atoms with van der Waals surface area (Å²) >= 11 is 1.83. The minimum absolute atomic E-state index is 0.134. The maximum Gasteiger partial charge on any atom is 0.317 e. The highest BCUT2D eigenvalue weighted by atomic mass is 32.2. The minimum Gasteiger partial charge on any atom is -0.336 e. The van der Waals surface area contributed by atoms with Crippen LogP contribution in [0.15, 0.2) is 0 Å².